The first kappa shape index (κ1) is 14.4. The number of nitrogens with one attached hydrogen (secondary N) is 2. The van der Waals surface area contributed by atoms with Gasteiger partial charge in [-0.2, -0.15) is 0 Å². The van der Waals surface area contributed by atoms with Crippen molar-refractivity contribution in [1.82, 2.24) is 20.2 Å². The molecule has 1 aromatic heterocycles. The highest BCUT2D eigenvalue weighted by Crippen LogP contribution is 2.13. The number of nitrogens with zero attached hydrogens (tertiary/aromatic N) is 2. The largest absolute Gasteiger partial charge is 0.338 e. The third-order valence-corrected chi connectivity index (χ3v) is 2.98. The van der Waals surface area contributed by atoms with E-state index in [-0.39, 0.29) is 11.6 Å². The minimum Gasteiger partial charge on any atom is -0.338 e. The molecule has 0 fully saturated rings. The Kier molecular flexibility index (Phi) is 3.97. The van der Waals surface area contributed by atoms with Gasteiger partial charge in [-0.3, -0.25) is 0 Å². The zero-order valence-corrected chi connectivity index (χ0v) is 12.5. The average molecular weight is 274 g/mol. The van der Waals surface area contributed by atoms with Crippen molar-refractivity contribution in [3.8, 4) is 0 Å². The summed E-state index contributed by atoms with van der Waals surface area (Å²) in [5, 5.41) is 5.74. The fraction of sp³-hybridized carbons (Fsp3) is 0.467. The second-order valence-corrected chi connectivity index (χ2v) is 6.06. The van der Waals surface area contributed by atoms with E-state index in [4.69, 9.17) is 0 Å². The molecular weight excluding hydrogens is 252 g/mol. The van der Waals surface area contributed by atoms with Crippen LogP contribution in [-0.2, 0) is 13.5 Å². The van der Waals surface area contributed by atoms with Gasteiger partial charge in [-0.15, -0.1) is 0 Å². The number of benzene rings is 1. The molecule has 2 rings (SSSR count). The van der Waals surface area contributed by atoms with E-state index in [0.29, 0.717) is 6.54 Å². The second kappa shape index (κ2) is 5.53. The van der Waals surface area contributed by atoms with Crippen LogP contribution in [0.4, 0.5) is 4.79 Å². The first-order valence-electron chi connectivity index (χ1n) is 6.81. The fourth-order valence-electron chi connectivity index (χ4n) is 2.04. The summed E-state index contributed by atoms with van der Waals surface area (Å²) in [6, 6.07) is 6.08. The number of aryl methyl sites for hydroxylation is 1. The monoisotopic (exact) mass is 274 g/mol. The van der Waals surface area contributed by atoms with E-state index in [0.717, 1.165) is 17.5 Å². The molecule has 2 N–H and O–H groups in total. The van der Waals surface area contributed by atoms with E-state index in [1.807, 2.05) is 38.7 Å². The molecule has 0 unspecified atom stereocenters. The molecule has 5 nitrogen and oxygen atoms in total. The molecule has 0 aliphatic rings. The van der Waals surface area contributed by atoms with E-state index in [1.54, 1.807) is 0 Å². The van der Waals surface area contributed by atoms with Crippen molar-refractivity contribution in [3.05, 3.63) is 30.1 Å². The van der Waals surface area contributed by atoms with Crippen molar-refractivity contribution in [1.29, 1.82) is 0 Å². The van der Waals surface area contributed by atoms with Crippen molar-refractivity contribution in [2.45, 2.75) is 32.7 Å². The van der Waals surface area contributed by atoms with Crippen molar-refractivity contribution < 1.29 is 4.79 Å². The molecule has 20 heavy (non-hydrogen) atoms. The standard InChI is InChI=1S/C15H22N4O/c1-15(2,3)18-14(20)16-8-7-11-5-6-13-12(9-11)17-10-19(13)4/h5-6,9-10H,7-8H2,1-4H3,(H2,16,18,20). The molecular formula is C15H22N4O. The molecule has 0 atom stereocenters. The highest BCUT2D eigenvalue weighted by Gasteiger charge is 2.12. The average Bonchev–Trinajstić information content (AvgIpc) is 2.68. The first-order valence-corrected chi connectivity index (χ1v) is 6.81. The third kappa shape index (κ3) is 3.73. The summed E-state index contributed by atoms with van der Waals surface area (Å²) >= 11 is 0. The summed E-state index contributed by atoms with van der Waals surface area (Å²) in [7, 11) is 1.98. The minimum atomic E-state index is -0.211. The van der Waals surface area contributed by atoms with E-state index in [9.17, 15) is 4.79 Å². The lowest BCUT2D eigenvalue weighted by Crippen LogP contribution is -2.46. The van der Waals surface area contributed by atoms with Gasteiger partial charge >= 0.3 is 6.03 Å². The lowest BCUT2D eigenvalue weighted by atomic mass is 10.1. The summed E-state index contributed by atoms with van der Waals surface area (Å²) in [6.07, 6.45) is 2.60. The molecule has 0 aliphatic heterocycles. The summed E-state index contributed by atoms with van der Waals surface area (Å²) in [4.78, 5) is 16.0. The van der Waals surface area contributed by atoms with Crippen molar-refractivity contribution in [3.63, 3.8) is 0 Å². The number of urea groups is 1. The molecule has 0 spiro atoms. The highest BCUT2D eigenvalue weighted by molar-refractivity contribution is 5.76. The van der Waals surface area contributed by atoms with Crippen LogP contribution < -0.4 is 10.6 Å². The molecule has 0 radical (unpaired) electrons. The predicted octanol–water partition coefficient (Wildman–Crippen LogP) is 2.21. The van der Waals surface area contributed by atoms with Crippen LogP contribution in [0.15, 0.2) is 24.5 Å². The Labute approximate surface area is 119 Å². The number of imidazole rings is 1. The highest BCUT2D eigenvalue weighted by atomic mass is 16.2. The Morgan fingerprint density at radius 3 is 2.80 bits per heavy atom. The number of carbonyl (C=O) groups is 1. The van der Waals surface area contributed by atoms with Crippen LogP contribution in [0.25, 0.3) is 11.0 Å². The molecule has 2 aromatic rings. The normalized spacial score (nSPS) is 11.6. The van der Waals surface area contributed by atoms with Gasteiger partial charge in [-0.1, -0.05) is 6.07 Å². The fourth-order valence-corrected chi connectivity index (χ4v) is 2.04. The van der Waals surface area contributed by atoms with Gasteiger partial charge in [0.1, 0.15) is 0 Å². The van der Waals surface area contributed by atoms with Gasteiger partial charge in [0.15, 0.2) is 0 Å². The molecule has 1 heterocycles. The number of fused-ring (bicyclic) bond motifs is 1. The smallest absolute Gasteiger partial charge is 0.315 e. The Balaban J connectivity index is 1.88. The van der Waals surface area contributed by atoms with E-state index >= 15 is 0 Å². The van der Waals surface area contributed by atoms with Gasteiger partial charge in [0, 0.05) is 19.1 Å². The molecule has 0 saturated heterocycles. The molecule has 5 heteroatoms. The molecule has 108 valence electrons. The Hall–Kier alpha value is -2.04. The van der Waals surface area contributed by atoms with Crippen LogP contribution >= 0.6 is 0 Å². The van der Waals surface area contributed by atoms with Gasteiger partial charge in [-0.05, 0) is 44.9 Å². The zero-order chi connectivity index (χ0) is 14.8. The Morgan fingerprint density at radius 2 is 2.10 bits per heavy atom. The topological polar surface area (TPSA) is 59.0 Å². The molecule has 2 amide bonds. The second-order valence-electron chi connectivity index (χ2n) is 6.06. The minimum absolute atomic E-state index is 0.128. The maximum absolute atomic E-state index is 11.6. The van der Waals surface area contributed by atoms with Crippen molar-refractivity contribution in [2.24, 2.45) is 7.05 Å². The van der Waals surface area contributed by atoms with E-state index < -0.39 is 0 Å². The van der Waals surface area contributed by atoms with Gasteiger partial charge in [0.25, 0.3) is 0 Å². The van der Waals surface area contributed by atoms with E-state index in [1.165, 1.54) is 5.56 Å². The lowest BCUT2D eigenvalue weighted by molar-refractivity contribution is 0.232. The molecule has 0 bridgehead atoms. The summed E-state index contributed by atoms with van der Waals surface area (Å²) in [5.74, 6) is 0. The quantitative estimate of drug-likeness (QED) is 0.901. The number of carbonyl (C=O) groups excluding carboxylic acids is 1. The number of aromatic nitrogens is 2. The van der Waals surface area contributed by atoms with Gasteiger partial charge in [0.2, 0.25) is 0 Å². The zero-order valence-electron chi connectivity index (χ0n) is 12.5. The number of amides is 2. The van der Waals surface area contributed by atoms with Crippen LogP contribution in [-0.4, -0.2) is 27.7 Å². The van der Waals surface area contributed by atoms with Crippen LogP contribution in [0.3, 0.4) is 0 Å². The summed E-state index contributed by atoms with van der Waals surface area (Å²) in [5.41, 5.74) is 3.07. The number of hydrogen-bond acceptors (Lipinski definition) is 2. The number of hydrogen-bond donors (Lipinski definition) is 2. The predicted molar refractivity (Wildman–Crippen MR) is 80.7 cm³/mol. The number of rotatable bonds is 3. The summed E-state index contributed by atoms with van der Waals surface area (Å²) in [6.45, 7) is 6.49. The van der Waals surface area contributed by atoms with Crippen LogP contribution in [0, 0.1) is 0 Å². The van der Waals surface area contributed by atoms with Gasteiger partial charge in [0.05, 0.1) is 17.4 Å². The van der Waals surface area contributed by atoms with Crippen molar-refractivity contribution >= 4 is 17.1 Å². The lowest BCUT2D eigenvalue weighted by Gasteiger charge is -2.20. The van der Waals surface area contributed by atoms with Crippen LogP contribution in [0.5, 0.6) is 0 Å². The third-order valence-electron chi connectivity index (χ3n) is 2.98. The van der Waals surface area contributed by atoms with Gasteiger partial charge in [-0.25, -0.2) is 9.78 Å². The molecule has 1 aromatic carbocycles. The van der Waals surface area contributed by atoms with Crippen LogP contribution in [0.1, 0.15) is 26.3 Å². The van der Waals surface area contributed by atoms with Crippen LogP contribution in [0.2, 0.25) is 0 Å². The Bertz CT molecular complexity index is 610. The van der Waals surface area contributed by atoms with Gasteiger partial charge < -0.3 is 15.2 Å². The molecule has 0 saturated carbocycles. The van der Waals surface area contributed by atoms with E-state index in [2.05, 4.69) is 33.8 Å². The SMILES string of the molecule is Cn1cnc2cc(CCNC(=O)NC(C)(C)C)ccc21. The maximum atomic E-state index is 11.6. The van der Waals surface area contributed by atoms with Crippen molar-refractivity contribution in [2.75, 3.05) is 6.54 Å². The molecule has 0 aliphatic carbocycles. The summed E-state index contributed by atoms with van der Waals surface area (Å²) < 4.78 is 1.99. The first-order chi connectivity index (χ1) is 9.35. The maximum Gasteiger partial charge on any atom is 0.315 e. The Morgan fingerprint density at radius 1 is 1.35 bits per heavy atom.